The Bertz CT molecular complexity index is 709. The number of methoxy groups -OCH3 is 1. The van der Waals surface area contributed by atoms with Gasteiger partial charge in [0.2, 0.25) is 0 Å². The van der Waals surface area contributed by atoms with Crippen LogP contribution in [0.25, 0.3) is 0 Å². The van der Waals surface area contributed by atoms with E-state index in [1.807, 2.05) is 30.3 Å². The monoisotopic (exact) mass is 436 g/mol. The molecule has 0 saturated heterocycles. The van der Waals surface area contributed by atoms with Gasteiger partial charge in [0.05, 0.1) is 24.5 Å². The van der Waals surface area contributed by atoms with Gasteiger partial charge in [-0.15, -0.1) is 17.0 Å². The number of hydrogen-bond donors (Lipinski definition) is 2. The number of rotatable bonds is 5. The Morgan fingerprint density at radius 2 is 1.74 bits per heavy atom. The van der Waals surface area contributed by atoms with Gasteiger partial charge in [-0.25, -0.2) is 0 Å². The van der Waals surface area contributed by atoms with Crippen molar-refractivity contribution < 1.29 is 14.3 Å². The van der Waals surface area contributed by atoms with Gasteiger partial charge >= 0.3 is 5.97 Å². The summed E-state index contributed by atoms with van der Waals surface area (Å²) in [6.07, 6.45) is 4.64. The molecule has 0 heterocycles. The minimum absolute atomic E-state index is 0. The standard InChI is InChI=1S/C21H28N2O3.BrH/c1-26-19(25)20-9-14-7-15(10-20)12-21(23,11-14)18(20)17(24)16(22)8-13-5-3-2-4-6-13;/h2-6,14-16,18H,7-12,22-23H2,1H3;1H/t14?,15?,16-,18?,20?,21?;/m0./s1. The van der Waals surface area contributed by atoms with Crippen molar-refractivity contribution >= 4 is 28.7 Å². The van der Waals surface area contributed by atoms with E-state index >= 15 is 0 Å². The Kier molecular flexibility index (Phi) is 5.54. The summed E-state index contributed by atoms with van der Waals surface area (Å²) in [4.78, 5) is 26.3. The molecule has 27 heavy (non-hydrogen) atoms. The summed E-state index contributed by atoms with van der Waals surface area (Å²) in [6.45, 7) is 0. The number of ether oxygens (including phenoxy) is 1. The van der Waals surface area contributed by atoms with Gasteiger partial charge in [0.25, 0.3) is 0 Å². The van der Waals surface area contributed by atoms with E-state index in [4.69, 9.17) is 16.2 Å². The maximum Gasteiger partial charge on any atom is 0.312 e. The van der Waals surface area contributed by atoms with Crippen molar-refractivity contribution in [3.63, 3.8) is 0 Å². The first kappa shape index (κ1) is 20.5. The highest BCUT2D eigenvalue weighted by molar-refractivity contribution is 8.93. The van der Waals surface area contributed by atoms with Crippen LogP contribution in [0.2, 0.25) is 0 Å². The predicted molar refractivity (Wildman–Crippen MR) is 108 cm³/mol. The fourth-order valence-corrected chi connectivity index (χ4v) is 6.47. The lowest BCUT2D eigenvalue weighted by Gasteiger charge is -2.63. The topological polar surface area (TPSA) is 95.4 Å². The lowest BCUT2D eigenvalue weighted by atomic mass is 9.41. The third-order valence-electron chi connectivity index (χ3n) is 6.98. The molecule has 4 fully saturated rings. The van der Waals surface area contributed by atoms with Crippen molar-refractivity contribution in [2.75, 3.05) is 7.11 Å². The third kappa shape index (κ3) is 3.26. The Balaban J connectivity index is 0.00000210. The zero-order valence-corrected chi connectivity index (χ0v) is 17.4. The molecular formula is C21H29BrN2O3. The zero-order valence-electron chi connectivity index (χ0n) is 15.7. The predicted octanol–water partition coefficient (Wildman–Crippen LogP) is 2.40. The second kappa shape index (κ2) is 7.30. The number of Topliss-reactive ketones (excluding diaryl/α,β-unsaturated/α-hetero) is 1. The van der Waals surface area contributed by atoms with Crippen LogP contribution in [0.15, 0.2) is 30.3 Å². The second-order valence-electron chi connectivity index (χ2n) is 8.80. The van der Waals surface area contributed by atoms with Gasteiger partial charge in [-0.3, -0.25) is 9.59 Å². The Morgan fingerprint density at radius 1 is 1.15 bits per heavy atom. The molecule has 4 atom stereocenters. The molecule has 5 nitrogen and oxygen atoms in total. The molecule has 0 radical (unpaired) electrons. The van der Waals surface area contributed by atoms with Crippen LogP contribution in [0.5, 0.6) is 0 Å². The number of ketones is 1. The van der Waals surface area contributed by atoms with Gasteiger partial charge in [-0.1, -0.05) is 30.3 Å². The first-order chi connectivity index (χ1) is 12.4. The van der Waals surface area contributed by atoms with E-state index < -0.39 is 22.9 Å². The molecule has 4 aliphatic rings. The molecule has 3 unspecified atom stereocenters. The van der Waals surface area contributed by atoms with Gasteiger partial charge in [0.1, 0.15) is 0 Å². The van der Waals surface area contributed by atoms with Crippen LogP contribution in [-0.4, -0.2) is 30.4 Å². The van der Waals surface area contributed by atoms with Crippen molar-refractivity contribution in [1.29, 1.82) is 0 Å². The van der Waals surface area contributed by atoms with Gasteiger partial charge in [-0.2, -0.15) is 0 Å². The molecule has 6 heteroatoms. The summed E-state index contributed by atoms with van der Waals surface area (Å²) in [5.74, 6) is -0.0387. The highest BCUT2D eigenvalue weighted by Gasteiger charge is 2.68. The van der Waals surface area contributed by atoms with Gasteiger partial charge in [0.15, 0.2) is 5.78 Å². The molecule has 0 aliphatic heterocycles. The number of nitrogens with two attached hydrogens (primary N) is 2. The van der Waals surface area contributed by atoms with Crippen LogP contribution in [-0.2, 0) is 20.7 Å². The quantitative estimate of drug-likeness (QED) is 0.690. The molecule has 4 N–H and O–H groups in total. The van der Waals surface area contributed by atoms with E-state index in [1.54, 1.807) is 0 Å². The minimum atomic E-state index is -0.779. The van der Waals surface area contributed by atoms with Crippen LogP contribution in [0.1, 0.15) is 37.7 Å². The third-order valence-corrected chi connectivity index (χ3v) is 6.98. The zero-order chi connectivity index (χ0) is 18.5. The summed E-state index contributed by atoms with van der Waals surface area (Å²) < 4.78 is 5.17. The van der Waals surface area contributed by atoms with E-state index in [0.717, 1.165) is 24.8 Å². The van der Waals surface area contributed by atoms with Crippen molar-refractivity contribution in [3.05, 3.63) is 35.9 Å². The molecule has 1 aromatic rings. The van der Waals surface area contributed by atoms with Gasteiger partial charge in [-0.05, 0) is 55.9 Å². The first-order valence-corrected chi connectivity index (χ1v) is 9.58. The molecule has 4 bridgehead atoms. The van der Waals surface area contributed by atoms with Crippen molar-refractivity contribution in [2.24, 2.45) is 34.6 Å². The molecule has 4 aliphatic carbocycles. The average Bonchev–Trinajstić information content (AvgIpc) is 2.59. The molecule has 4 saturated carbocycles. The highest BCUT2D eigenvalue weighted by Crippen LogP contribution is 2.64. The van der Waals surface area contributed by atoms with Crippen LogP contribution in [0.4, 0.5) is 0 Å². The molecule has 0 aromatic heterocycles. The fraction of sp³-hybridized carbons (Fsp3) is 0.619. The van der Waals surface area contributed by atoms with E-state index in [9.17, 15) is 9.59 Å². The Morgan fingerprint density at radius 3 is 2.30 bits per heavy atom. The van der Waals surface area contributed by atoms with Crippen molar-refractivity contribution in [2.45, 2.75) is 50.1 Å². The van der Waals surface area contributed by atoms with Crippen LogP contribution in [0, 0.1) is 23.2 Å². The van der Waals surface area contributed by atoms with E-state index in [1.165, 1.54) is 7.11 Å². The van der Waals surface area contributed by atoms with Crippen LogP contribution >= 0.6 is 17.0 Å². The minimum Gasteiger partial charge on any atom is -0.469 e. The SMILES string of the molecule is Br.COC(=O)C12CC3CC(CC(N)(C3)C1C(=O)[C@@H](N)Cc1ccccc1)C2. The largest absolute Gasteiger partial charge is 0.469 e. The lowest BCUT2D eigenvalue weighted by Crippen LogP contribution is -2.72. The maximum absolute atomic E-state index is 13.5. The maximum atomic E-state index is 13.5. The Hall–Kier alpha value is -1.24. The summed E-state index contributed by atoms with van der Waals surface area (Å²) >= 11 is 0. The normalized spacial score (nSPS) is 37.4. The average molecular weight is 437 g/mol. The number of benzene rings is 1. The number of esters is 1. The van der Waals surface area contributed by atoms with E-state index in [2.05, 4.69) is 0 Å². The van der Waals surface area contributed by atoms with Gasteiger partial charge in [0, 0.05) is 5.54 Å². The lowest BCUT2D eigenvalue weighted by molar-refractivity contribution is -0.188. The van der Waals surface area contributed by atoms with Gasteiger partial charge < -0.3 is 16.2 Å². The van der Waals surface area contributed by atoms with Crippen LogP contribution < -0.4 is 11.5 Å². The number of hydrogen-bond acceptors (Lipinski definition) is 5. The fourth-order valence-electron chi connectivity index (χ4n) is 6.47. The number of carbonyl (C=O) groups is 2. The summed E-state index contributed by atoms with van der Waals surface area (Å²) in [5, 5.41) is 0. The molecular weight excluding hydrogens is 408 g/mol. The smallest absolute Gasteiger partial charge is 0.312 e. The molecule has 1 aromatic carbocycles. The first-order valence-electron chi connectivity index (χ1n) is 9.58. The van der Waals surface area contributed by atoms with Crippen molar-refractivity contribution in [3.8, 4) is 0 Å². The number of halogens is 1. The summed E-state index contributed by atoms with van der Waals surface area (Å²) in [5.41, 5.74) is 12.7. The molecule has 5 rings (SSSR count). The highest BCUT2D eigenvalue weighted by atomic mass is 79.9. The van der Waals surface area contributed by atoms with E-state index in [-0.39, 0.29) is 28.7 Å². The van der Waals surface area contributed by atoms with Crippen molar-refractivity contribution in [1.82, 2.24) is 0 Å². The Labute approximate surface area is 171 Å². The van der Waals surface area contributed by atoms with Crippen LogP contribution in [0.3, 0.4) is 0 Å². The summed E-state index contributed by atoms with van der Waals surface area (Å²) in [7, 11) is 1.41. The molecule has 0 amide bonds. The second-order valence-corrected chi connectivity index (χ2v) is 8.80. The number of carbonyl (C=O) groups excluding carboxylic acids is 2. The van der Waals surface area contributed by atoms with E-state index in [0.29, 0.717) is 31.1 Å². The molecule has 0 spiro atoms. The molecule has 148 valence electrons. The summed E-state index contributed by atoms with van der Waals surface area (Å²) in [6, 6.07) is 9.11.